The lowest BCUT2D eigenvalue weighted by atomic mass is 9.41. The summed E-state index contributed by atoms with van der Waals surface area (Å²) in [6.07, 6.45) is -6.53. The lowest BCUT2D eigenvalue weighted by Crippen LogP contribution is -2.75. The van der Waals surface area contributed by atoms with Crippen LogP contribution in [0.2, 0.25) is 0 Å². The Bertz CT molecular complexity index is 1580. The minimum atomic E-state index is -1.54. The molecule has 5 saturated carbocycles. The minimum Gasteiger partial charge on any atom is -0.459 e. The topological polar surface area (TPSA) is 186 Å². The Hall–Kier alpha value is -2.65. The predicted octanol–water partition coefficient (Wildman–Crippen LogP) is 1.36. The number of fused-ring (bicyclic) bond motifs is 9. The molecule has 14 heteroatoms. The van der Waals surface area contributed by atoms with Crippen molar-refractivity contribution in [2.24, 2.45) is 57.7 Å². The second-order valence-corrected chi connectivity index (χ2v) is 16.9. The Labute approximate surface area is 290 Å². The molecule has 0 bridgehead atoms. The normalized spacial score (nSPS) is 57.7. The van der Waals surface area contributed by atoms with Gasteiger partial charge in [-0.2, -0.15) is 0 Å². The molecule has 3 heterocycles. The quantitative estimate of drug-likeness (QED) is 0.246. The maximum Gasteiger partial charge on any atom is 0.341 e. The number of aliphatic hydroxyl groups is 1. The second-order valence-electron chi connectivity index (χ2n) is 16.9. The maximum absolute atomic E-state index is 14.8. The molecule has 0 aromatic heterocycles. The molecule has 5 aliphatic carbocycles. The monoisotopic (exact) mass is 704 g/mol. The highest BCUT2D eigenvalue weighted by Crippen LogP contribution is 2.81. The summed E-state index contributed by atoms with van der Waals surface area (Å²) in [4.78, 5) is 67.5. The lowest BCUT2D eigenvalue weighted by molar-refractivity contribution is -0.274. The summed E-state index contributed by atoms with van der Waals surface area (Å²) in [5.74, 6) is -8.83. The van der Waals surface area contributed by atoms with Gasteiger partial charge in [-0.1, -0.05) is 20.8 Å². The molecule has 0 amide bonds. The molecule has 3 aliphatic heterocycles. The zero-order chi connectivity index (χ0) is 36.4. The lowest BCUT2D eigenvalue weighted by Gasteiger charge is -2.65. The van der Waals surface area contributed by atoms with E-state index in [1.54, 1.807) is 6.92 Å². The van der Waals surface area contributed by atoms with Gasteiger partial charge in [-0.15, -0.1) is 0 Å². The smallest absolute Gasteiger partial charge is 0.341 e. The zero-order valence-corrected chi connectivity index (χ0v) is 30.1. The highest BCUT2D eigenvalue weighted by Gasteiger charge is 2.93. The SMILES string of the molecule is CO[C@H]1C(=O)[C@H]2C[C@@H]3O[C@@H]3[C@H](OC(C)=O)[C@]2(C)[C@H]2[C@H](OC(C)=O)[C@H](OC(C)=O)[C@@]3(C)[C@@H]([C@@H](O)[C@@H]4[C@@H]3[C@H](C)[C@H]3O[C@]35OC(=O)[C@@](C)(OC)[C@]45C)[C@@H]21. The van der Waals surface area contributed by atoms with E-state index in [1.807, 2.05) is 27.7 Å². The molecule has 20 atom stereocenters. The van der Waals surface area contributed by atoms with Crippen molar-refractivity contribution in [2.75, 3.05) is 14.2 Å². The van der Waals surface area contributed by atoms with E-state index >= 15 is 0 Å². The van der Waals surface area contributed by atoms with Gasteiger partial charge in [0, 0.05) is 75.4 Å². The fourth-order valence-electron chi connectivity index (χ4n) is 13.4. The third kappa shape index (κ3) is 3.65. The van der Waals surface area contributed by atoms with E-state index in [0.717, 1.165) is 0 Å². The first-order valence-corrected chi connectivity index (χ1v) is 17.7. The van der Waals surface area contributed by atoms with Crippen molar-refractivity contribution >= 4 is 29.7 Å². The number of hydrogen-bond acceptors (Lipinski definition) is 14. The number of aliphatic hydroxyl groups excluding tert-OH is 1. The average Bonchev–Trinajstić information content (AvgIpc) is 3.93. The summed E-state index contributed by atoms with van der Waals surface area (Å²) in [5.41, 5.74) is -5.15. The van der Waals surface area contributed by atoms with Gasteiger partial charge in [-0.3, -0.25) is 19.2 Å². The number of ketones is 1. The van der Waals surface area contributed by atoms with Crippen LogP contribution in [0.5, 0.6) is 0 Å². The first-order valence-electron chi connectivity index (χ1n) is 17.7. The predicted molar refractivity (Wildman–Crippen MR) is 165 cm³/mol. The van der Waals surface area contributed by atoms with Gasteiger partial charge in [0.25, 0.3) is 0 Å². The molecular weight excluding hydrogens is 656 g/mol. The first kappa shape index (κ1) is 34.4. The average molecular weight is 705 g/mol. The van der Waals surface area contributed by atoms with Crippen LogP contribution >= 0.6 is 0 Å². The van der Waals surface area contributed by atoms with E-state index in [1.165, 1.54) is 35.0 Å². The van der Waals surface area contributed by atoms with Crippen molar-refractivity contribution < 1.29 is 67.0 Å². The molecule has 0 aromatic rings. The molecule has 0 unspecified atom stereocenters. The van der Waals surface area contributed by atoms with E-state index in [0.29, 0.717) is 6.42 Å². The van der Waals surface area contributed by atoms with Gasteiger partial charge >= 0.3 is 23.9 Å². The van der Waals surface area contributed by atoms with Crippen molar-refractivity contribution in [3.8, 4) is 0 Å². The van der Waals surface area contributed by atoms with Crippen LogP contribution in [0.15, 0.2) is 0 Å². The van der Waals surface area contributed by atoms with Crippen LogP contribution in [-0.4, -0.2) is 109 Å². The van der Waals surface area contributed by atoms with Gasteiger partial charge < -0.3 is 43.0 Å². The number of carbonyl (C=O) groups is 5. The molecule has 1 N–H and O–H groups in total. The van der Waals surface area contributed by atoms with Crippen LogP contribution in [0.25, 0.3) is 0 Å². The van der Waals surface area contributed by atoms with Crippen LogP contribution in [0.1, 0.15) is 61.8 Å². The Morgan fingerprint density at radius 3 is 2.04 bits per heavy atom. The minimum absolute atomic E-state index is 0.220. The fraction of sp³-hybridized carbons (Fsp3) is 0.861. The molecule has 1 spiro atoms. The standard InChI is InChI=1S/C36H48O14/c1-12-19-22(34(7)35(8,44-10)31(42)50-36(34)28(12)49-36)24(41)20-18-21(27(45-13(2)37)30(33(19,20)6)47-15(4)39)32(5)16(23(40)26(18)43-9)11-17-25(48-17)29(32)46-14(3)38/h12,16-22,24-30,41H,11H2,1-10H3/t12-,16+,17-,18-,19-,20+,21+,22-,24+,25-,26+,27-,28+,29-,30-,32-,33+,34-,35+,36-/m0/s1. The van der Waals surface area contributed by atoms with Crippen molar-refractivity contribution in [2.45, 2.75) is 122 Å². The molecule has 8 fully saturated rings. The molecule has 276 valence electrons. The van der Waals surface area contributed by atoms with Gasteiger partial charge in [0.15, 0.2) is 11.4 Å². The van der Waals surface area contributed by atoms with Crippen LogP contribution in [0.3, 0.4) is 0 Å². The Morgan fingerprint density at radius 1 is 0.840 bits per heavy atom. The van der Waals surface area contributed by atoms with Crippen LogP contribution in [0, 0.1) is 57.7 Å². The molecule has 8 aliphatic rings. The molecule has 8 rings (SSSR count). The molecule has 50 heavy (non-hydrogen) atoms. The summed E-state index contributed by atoms with van der Waals surface area (Å²) in [5, 5.41) is 13.1. The zero-order valence-electron chi connectivity index (χ0n) is 30.1. The third-order valence-electron chi connectivity index (χ3n) is 15.3. The van der Waals surface area contributed by atoms with Gasteiger partial charge in [0.05, 0.1) is 17.6 Å². The van der Waals surface area contributed by atoms with Crippen LogP contribution < -0.4 is 0 Å². The second kappa shape index (κ2) is 10.3. The number of methoxy groups -OCH3 is 2. The third-order valence-corrected chi connectivity index (χ3v) is 15.3. The van der Waals surface area contributed by atoms with Crippen molar-refractivity contribution in [1.29, 1.82) is 0 Å². The molecule has 0 aromatic carbocycles. The summed E-state index contributed by atoms with van der Waals surface area (Å²) in [6.45, 7) is 13.1. The van der Waals surface area contributed by atoms with E-state index in [9.17, 15) is 29.1 Å². The van der Waals surface area contributed by atoms with Crippen molar-refractivity contribution in [3.05, 3.63) is 0 Å². The largest absolute Gasteiger partial charge is 0.459 e. The van der Waals surface area contributed by atoms with Gasteiger partial charge in [-0.25, -0.2) is 4.79 Å². The highest BCUT2D eigenvalue weighted by molar-refractivity contribution is 5.89. The number of epoxide rings is 2. The summed E-state index contributed by atoms with van der Waals surface area (Å²) in [6, 6.07) is 0. The fourth-order valence-corrected chi connectivity index (χ4v) is 13.4. The van der Waals surface area contributed by atoms with E-state index < -0.39 is 130 Å². The van der Waals surface area contributed by atoms with E-state index in [-0.39, 0.29) is 17.8 Å². The number of rotatable bonds is 5. The highest BCUT2D eigenvalue weighted by atomic mass is 16.8. The molecule has 0 radical (unpaired) electrons. The van der Waals surface area contributed by atoms with E-state index in [2.05, 4.69) is 0 Å². The molecule has 14 nitrogen and oxygen atoms in total. The van der Waals surface area contributed by atoms with Crippen LogP contribution in [0.4, 0.5) is 0 Å². The van der Waals surface area contributed by atoms with Gasteiger partial charge in [0.2, 0.25) is 5.79 Å². The number of esters is 4. The maximum atomic E-state index is 14.8. The van der Waals surface area contributed by atoms with Gasteiger partial charge in [-0.05, 0) is 32.1 Å². The summed E-state index contributed by atoms with van der Waals surface area (Å²) in [7, 11) is 2.87. The van der Waals surface area contributed by atoms with Crippen molar-refractivity contribution in [1.82, 2.24) is 0 Å². The molecule has 3 saturated heterocycles. The number of carbonyl (C=O) groups excluding carboxylic acids is 5. The van der Waals surface area contributed by atoms with E-state index in [4.69, 9.17) is 37.9 Å². The number of Topliss-reactive ketones (excluding diaryl/α,β-unsaturated/α-hetero) is 1. The Balaban J connectivity index is 1.40. The Kier molecular flexibility index (Phi) is 7.07. The number of ether oxygens (including phenoxy) is 8. The molecular formula is C36H48O14. The number of hydrogen-bond donors (Lipinski definition) is 1. The summed E-state index contributed by atoms with van der Waals surface area (Å²) >= 11 is 0. The van der Waals surface area contributed by atoms with Gasteiger partial charge in [0.1, 0.15) is 36.6 Å². The first-order chi connectivity index (χ1) is 23.3. The van der Waals surface area contributed by atoms with Crippen molar-refractivity contribution in [3.63, 3.8) is 0 Å². The Morgan fingerprint density at radius 2 is 1.46 bits per heavy atom. The van der Waals surface area contributed by atoms with Crippen LogP contribution in [-0.2, 0) is 61.9 Å². The summed E-state index contributed by atoms with van der Waals surface area (Å²) < 4.78 is 49.1.